The van der Waals surface area contributed by atoms with Crippen LogP contribution in [0.2, 0.25) is 0 Å². The van der Waals surface area contributed by atoms with Crippen molar-refractivity contribution < 1.29 is 24.0 Å². The van der Waals surface area contributed by atoms with Crippen LogP contribution in [0.25, 0.3) is 0 Å². The molecule has 0 saturated carbocycles. The lowest BCUT2D eigenvalue weighted by Crippen LogP contribution is -2.36. The highest BCUT2D eigenvalue weighted by Gasteiger charge is 2.46. The van der Waals surface area contributed by atoms with E-state index in [1.807, 2.05) is 0 Å². The predicted molar refractivity (Wildman–Crippen MR) is 81.9 cm³/mol. The van der Waals surface area contributed by atoms with E-state index in [9.17, 15) is 24.0 Å². The van der Waals surface area contributed by atoms with Crippen molar-refractivity contribution >= 4 is 34.9 Å². The molecule has 2 amide bonds. The number of anilines is 1. The molecule has 0 bridgehead atoms. The van der Waals surface area contributed by atoms with Gasteiger partial charge in [-0.25, -0.2) is 0 Å². The second-order valence-corrected chi connectivity index (χ2v) is 5.68. The van der Waals surface area contributed by atoms with Crippen molar-refractivity contribution in [2.75, 3.05) is 4.90 Å². The van der Waals surface area contributed by atoms with E-state index in [1.54, 1.807) is 0 Å². The molecule has 1 atom stereocenters. The number of benzene rings is 1. The summed E-state index contributed by atoms with van der Waals surface area (Å²) in [4.78, 5) is 60.2. The summed E-state index contributed by atoms with van der Waals surface area (Å²) >= 11 is 0. The number of Topliss-reactive ketones (excluding diaryl/α,β-unsaturated/α-hetero) is 3. The summed E-state index contributed by atoms with van der Waals surface area (Å²) in [6.07, 6.45) is -0.170. The van der Waals surface area contributed by atoms with E-state index in [2.05, 4.69) is 0 Å². The Bertz CT molecular complexity index is 690. The van der Waals surface area contributed by atoms with Crippen LogP contribution < -0.4 is 4.90 Å². The number of ketones is 3. The normalized spacial score (nSPS) is 17.7. The van der Waals surface area contributed by atoms with Crippen LogP contribution in [0.3, 0.4) is 0 Å². The Kier molecular flexibility index (Phi) is 4.54. The smallest absolute Gasteiger partial charge is 0.238 e. The Balaban J connectivity index is 2.33. The van der Waals surface area contributed by atoms with E-state index in [1.165, 1.54) is 45.0 Å². The molecule has 1 heterocycles. The highest BCUT2D eigenvalue weighted by Crippen LogP contribution is 2.32. The largest absolute Gasteiger partial charge is 0.299 e. The van der Waals surface area contributed by atoms with E-state index in [4.69, 9.17) is 0 Å². The summed E-state index contributed by atoms with van der Waals surface area (Å²) in [5, 5.41) is 0. The van der Waals surface area contributed by atoms with Gasteiger partial charge in [0.1, 0.15) is 11.6 Å². The summed E-state index contributed by atoms with van der Waals surface area (Å²) in [6.45, 7) is 3.91. The zero-order chi connectivity index (χ0) is 17.3. The molecule has 0 aromatic heterocycles. The van der Waals surface area contributed by atoms with Gasteiger partial charge in [-0.05, 0) is 45.0 Å². The first-order valence-electron chi connectivity index (χ1n) is 7.22. The first kappa shape index (κ1) is 16.7. The van der Waals surface area contributed by atoms with Gasteiger partial charge in [-0.15, -0.1) is 0 Å². The molecule has 1 fully saturated rings. The summed E-state index contributed by atoms with van der Waals surface area (Å²) in [5.74, 6) is -4.02. The molecule has 0 aliphatic carbocycles. The Morgan fingerprint density at radius 2 is 1.52 bits per heavy atom. The van der Waals surface area contributed by atoms with Crippen molar-refractivity contribution in [3.63, 3.8) is 0 Å². The van der Waals surface area contributed by atoms with Crippen LogP contribution in [0.1, 0.15) is 37.6 Å². The first-order valence-corrected chi connectivity index (χ1v) is 7.22. The van der Waals surface area contributed by atoms with Gasteiger partial charge in [-0.1, -0.05) is 0 Å². The van der Waals surface area contributed by atoms with Crippen molar-refractivity contribution in [1.29, 1.82) is 0 Å². The molecule has 6 nitrogen and oxygen atoms in total. The average Bonchev–Trinajstić information content (AvgIpc) is 2.73. The molecule has 23 heavy (non-hydrogen) atoms. The minimum Gasteiger partial charge on any atom is -0.299 e. The molecule has 0 unspecified atom stereocenters. The number of carbonyl (C=O) groups excluding carboxylic acids is 5. The van der Waals surface area contributed by atoms with Gasteiger partial charge in [-0.3, -0.25) is 28.9 Å². The van der Waals surface area contributed by atoms with E-state index in [-0.39, 0.29) is 12.2 Å². The van der Waals surface area contributed by atoms with Gasteiger partial charge >= 0.3 is 0 Å². The third-order valence-corrected chi connectivity index (χ3v) is 3.99. The minimum absolute atomic E-state index is 0.123. The molecule has 6 heteroatoms. The van der Waals surface area contributed by atoms with Crippen molar-refractivity contribution in [1.82, 2.24) is 0 Å². The molecule has 0 spiro atoms. The number of nitrogens with zero attached hydrogens (tertiary/aromatic N) is 1. The summed E-state index contributed by atoms with van der Waals surface area (Å²) < 4.78 is 0. The maximum Gasteiger partial charge on any atom is 0.238 e. The van der Waals surface area contributed by atoms with Gasteiger partial charge in [0.25, 0.3) is 0 Å². The molecule has 1 aliphatic heterocycles. The zero-order valence-corrected chi connectivity index (χ0v) is 13.2. The second-order valence-electron chi connectivity index (χ2n) is 5.68. The molecule has 0 N–H and O–H groups in total. The van der Waals surface area contributed by atoms with Crippen LogP contribution in [0, 0.1) is 11.8 Å². The predicted octanol–water partition coefficient (Wildman–Crippen LogP) is 1.56. The quantitative estimate of drug-likeness (QED) is 0.467. The number of imide groups is 1. The number of rotatable bonds is 5. The number of amides is 2. The lowest BCUT2D eigenvalue weighted by Gasteiger charge is -2.18. The maximum atomic E-state index is 12.5. The number of hydrogen-bond donors (Lipinski definition) is 0. The van der Waals surface area contributed by atoms with Gasteiger partial charge in [0, 0.05) is 12.0 Å². The van der Waals surface area contributed by atoms with Gasteiger partial charge in [0.05, 0.1) is 17.5 Å². The van der Waals surface area contributed by atoms with Crippen LogP contribution in [0.4, 0.5) is 5.69 Å². The minimum atomic E-state index is -1.09. The van der Waals surface area contributed by atoms with E-state index in [0.717, 1.165) is 4.90 Å². The van der Waals surface area contributed by atoms with Crippen molar-refractivity contribution in [2.45, 2.75) is 27.2 Å². The zero-order valence-electron chi connectivity index (χ0n) is 13.2. The van der Waals surface area contributed by atoms with E-state index in [0.29, 0.717) is 11.3 Å². The van der Waals surface area contributed by atoms with Gasteiger partial charge < -0.3 is 0 Å². The van der Waals surface area contributed by atoms with Crippen LogP contribution in [-0.4, -0.2) is 29.2 Å². The molecule has 2 rings (SSSR count). The van der Waals surface area contributed by atoms with Crippen LogP contribution in [0.5, 0.6) is 0 Å². The number of hydrogen-bond acceptors (Lipinski definition) is 5. The fraction of sp³-hybridized carbons (Fsp3) is 0.353. The summed E-state index contributed by atoms with van der Waals surface area (Å²) in [5.41, 5.74) is 0.799. The van der Waals surface area contributed by atoms with E-state index < -0.39 is 35.2 Å². The third-order valence-electron chi connectivity index (χ3n) is 3.99. The second kappa shape index (κ2) is 6.24. The van der Waals surface area contributed by atoms with Gasteiger partial charge in [-0.2, -0.15) is 0 Å². The highest BCUT2D eigenvalue weighted by atomic mass is 16.2. The van der Waals surface area contributed by atoms with Crippen LogP contribution >= 0.6 is 0 Å². The van der Waals surface area contributed by atoms with E-state index >= 15 is 0 Å². The first-order chi connectivity index (χ1) is 10.7. The fourth-order valence-electron chi connectivity index (χ4n) is 2.89. The van der Waals surface area contributed by atoms with Crippen molar-refractivity contribution in [3.05, 3.63) is 29.8 Å². The standard InChI is InChI=1S/C17H17NO5/c1-9(19)12-4-6-13(7-5-12)18-15(22)8-14(17(18)23)16(10(2)20)11(3)21/h4-7,14,16H,8H2,1-3H3/t14-/m0/s1. The van der Waals surface area contributed by atoms with Gasteiger partial charge in [0.2, 0.25) is 11.8 Å². The van der Waals surface area contributed by atoms with Crippen LogP contribution in [0.15, 0.2) is 24.3 Å². The molecular formula is C17H17NO5. The topological polar surface area (TPSA) is 88.6 Å². The van der Waals surface area contributed by atoms with Gasteiger partial charge in [0.15, 0.2) is 5.78 Å². The van der Waals surface area contributed by atoms with Crippen molar-refractivity contribution in [2.24, 2.45) is 11.8 Å². The van der Waals surface area contributed by atoms with Crippen molar-refractivity contribution in [3.8, 4) is 0 Å². The Morgan fingerprint density at radius 3 is 1.96 bits per heavy atom. The molecular weight excluding hydrogens is 298 g/mol. The molecule has 1 aliphatic rings. The third kappa shape index (κ3) is 3.11. The molecule has 1 aromatic rings. The molecule has 120 valence electrons. The Morgan fingerprint density at radius 1 is 1.00 bits per heavy atom. The average molecular weight is 315 g/mol. The maximum absolute atomic E-state index is 12.5. The molecule has 0 radical (unpaired) electrons. The lowest BCUT2D eigenvalue weighted by molar-refractivity contribution is -0.137. The lowest BCUT2D eigenvalue weighted by atomic mass is 9.85. The Hall–Kier alpha value is -2.63. The highest BCUT2D eigenvalue weighted by molar-refractivity contribution is 6.23. The molecule has 1 aromatic carbocycles. The Labute approximate surface area is 133 Å². The summed E-state index contributed by atoms with van der Waals surface area (Å²) in [6, 6.07) is 6.06. The number of carbonyl (C=O) groups is 5. The summed E-state index contributed by atoms with van der Waals surface area (Å²) in [7, 11) is 0. The monoisotopic (exact) mass is 315 g/mol. The molecule has 1 saturated heterocycles. The fourth-order valence-corrected chi connectivity index (χ4v) is 2.89. The SMILES string of the molecule is CC(=O)c1ccc(N2C(=O)C[C@@H](C(C(C)=O)C(C)=O)C2=O)cc1. The van der Waals surface area contributed by atoms with Crippen LogP contribution in [-0.2, 0) is 19.2 Å².